The summed E-state index contributed by atoms with van der Waals surface area (Å²) >= 11 is 9.49. The third-order valence-electron chi connectivity index (χ3n) is 2.74. The lowest BCUT2D eigenvalue weighted by molar-refractivity contribution is -0.155. The summed E-state index contributed by atoms with van der Waals surface area (Å²) in [7, 11) is 1.58. The number of carbonyl (C=O) groups excluding carboxylic acids is 1. The maximum Gasteiger partial charge on any atom is 0.330 e. The number of carbonyl (C=O) groups is 1. The number of halogens is 2. The summed E-state index contributed by atoms with van der Waals surface area (Å²) < 4.78 is 8.41. The van der Waals surface area contributed by atoms with Crippen LogP contribution in [0.4, 0.5) is 0 Å². The van der Waals surface area contributed by atoms with Gasteiger partial charge in [-0.05, 0) is 36.7 Å². The first-order valence-corrected chi connectivity index (χ1v) is 7.40. The molecule has 0 aliphatic rings. The molecule has 2 heterocycles. The van der Waals surface area contributed by atoms with Crippen molar-refractivity contribution in [2.45, 2.75) is 32.9 Å². The zero-order chi connectivity index (χ0) is 15.9. The van der Waals surface area contributed by atoms with Gasteiger partial charge in [-0.3, -0.25) is 13.9 Å². The van der Waals surface area contributed by atoms with E-state index in [4.69, 9.17) is 16.3 Å². The van der Waals surface area contributed by atoms with Crippen molar-refractivity contribution in [3.05, 3.63) is 26.2 Å². The number of fused-ring (bicyclic) bond motifs is 1. The Morgan fingerprint density at radius 1 is 1.48 bits per heavy atom. The van der Waals surface area contributed by atoms with Gasteiger partial charge >= 0.3 is 11.7 Å². The molecule has 2 aromatic rings. The fraction of sp³-hybridized carbons (Fsp3) is 0.462. The summed E-state index contributed by atoms with van der Waals surface area (Å²) in [4.78, 5) is 28.4. The van der Waals surface area contributed by atoms with E-state index in [-0.39, 0.29) is 12.2 Å². The number of pyridine rings is 1. The minimum absolute atomic E-state index is 0.217. The number of ether oxygens (including phenoxy) is 1. The fourth-order valence-corrected chi connectivity index (χ4v) is 2.47. The number of rotatable bonds is 2. The number of hydrogen-bond acceptors (Lipinski definition) is 4. The highest BCUT2D eigenvalue weighted by Gasteiger charge is 2.22. The van der Waals surface area contributed by atoms with Crippen LogP contribution in [-0.4, -0.2) is 25.7 Å². The van der Waals surface area contributed by atoms with Gasteiger partial charge in [0.15, 0.2) is 5.65 Å². The molecule has 0 saturated heterocycles. The van der Waals surface area contributed by atoms with Crippen LogP contribution in [0.15, 0.2) is 15.5 Å². The zero-order valence-corrected chi connectivity index (χ0v) is 14.4. The number of imidazole rings is 1. The van der Waals surface area contributed by atoms with E-state index in [2.05, 4.69) is 20.9 Å². The largest absolute Gasteiger partial charge is 0.459 e. The molecule has 0 unspecified atom stereocenters. The Hall–Kier alpha value is -1.34. The molecule has 0 N–H and O–H groups in total. The smallest absolute Gasteiger partial charge is 0.330 e. The van der Waals surface area contributed by atoms with Crippen molar-refractivity contribution in [1.82, 2.24) is 14.1 Å². The highest BCUT2D eigenvalue weighted by Crippen LogP contribution is 2.28. The second-order valence-electron chi connectivity index (χ2n) is 5.61. The van der Waals surface area contributed by atoms with Crippen molar-refractivity contribution < 1.29 is 9.53 Å². The van der Waals surface area contributed by atoms with E-state index in [1.165, 1.54) is 15.3 Å². The quantitative estimate of drug-likeness (QED) is 0.755. The van der Waals surface area contributed by atoms with Crippen molar-refractivity contribution in [3.8, 4) is 0 Å². The maximum absolute atomic E-state index is 12.3. The van der Waals surface area contributed by atoms with E-state index in [1.54, 1.807) is 27.8 Å². The number of aryl methyl sites for hydroxylation is 1. The zero-order valence-electron chi connectivity index (χ0n) is 12.1. The van der Waals surface area contributed by atoms with Gasteiger partial charge < -0.3 is 4.74 Å². The number of esters is 1. The molecule has 0 amide bonds. The molecule has 6 nitrogen and oxygen atoms in total. The summed E-state index contributed by atoms with van der Waals surface area (Å²) in [6, 6.07) is 0. The SMILES string of the molecule is Cn1c(=O)n(CC(=O)OC(C)(C)C)c2c(Cl)c(Br)cnc21. The lowest BCUT2D eigenvalue weighted by atomic mass is 10.2. The predicted octanol–water partition coefficient (Wildman–Crippen LogP) is 2.49. The predicted molar refractivity (Wildman–Crippen MR) is 83.5 cm³/mol. The minimum atomic E-state index is -0.617. The monoisotopic (exact) mass is 375 g/mol. The fourth-order valence-electron chi connectivity index (χ4n) is 1.95. The summed E-state index contributed by atoms with van der Waals surface area (Å²) in [5.41, 5.74) is -0.169. The molecule has 21 heavy (non-hydrogen) atoms. The van der Waals surface area contributed by atoms with Crippen LogP contribution in [0.5, 0.6) is 0 Å². The molecule has 0 aromatic carbocycles. The lowest BCUT2D eigenvalue weighted by Crippen LogP contribution is -2.31. The Labute approximate surface area is 134 Å². The normalized spacial score (nSPS) is 11.9. The molecule has 0 aliphatic heterocycles. The molecule has 0 saturated carbocycles. The third-order valence-corrected chi connectivity index (χ3v) is 3.95. The number of aromatic nitrogens is 3. The molecule has 2 rings (SSSR count). The van der Waals surface area contributed by atoms with Crippen molar-refractivity contribution in [3.63, 3.8) is 0 Å². The van der Waals surface area contributed by atoms with Crippen molar-refractivity contribution in [2.75, 3.05) is 0 Å². The van der Waals surface area contributed by atoms with E-state index in [1.807, 2.05) is 0 Å². The molecule has 0 radical (unpaired) electrons. The van der Waals surface area contributed by atoms with Crippen LogP contribution in [0.3, 0.4) is 0 Å². The number of hydrogen-bond donors (Lipinski definition) is 0. The van der Waals surface area contributed by atoms with Gasteiger partial charge in [0, 0.05) is 13.2 Å². The Balaban J connectivity index is 2.54. The van der Waals surface area contributed by atoms with E-state index >= 15 is 0 Å². The van der Waals surface area contributed by atoms with Crippen LogP contribution < -0.4 is 5.69 Å². The molecule has 0 fully saturated rings. The van der Waals surface area contributed by atoms with Crippen molar-refractivity contribution in [2.24, 2.45) is 7.05 Å². The molecular weight excluding hydrogens is 362 g/mol. The van der Waals surface area contributed by atoms with Crippen LogP contribution >= 0.6 is 27.5 Å². The first-order valence-electron chi connectivity index (χ1n) is 6.23. The van der Waals surface area contributed by atoms with Gasteiger partial charge in [-0.25, -0.2) is 9.78 Å². The van der Waals surface area contributed by atoms with Gasteiger partial charge in [0.1, 0.15) is 17.7 Å². The van der Waals surface area contributed by atoms with Crippen LogP contribution in [0.2, 0.25) is 5.02 Å². The van der Waals surface area contributed by atoms with Gasteiger partial charge in [-0.15, -0.1) is 0 Å². The summed E-state index contributed by atoms with van der Waals surface area (Å²) in [6.45, 7) is 5.08. The van der Waals surface area contributed by atoms with E-state index in [0.717, 1.165) is 0 Å². The third kappa shape index (κ3) is 3.13. The molecule has 2 aromatic heterocycles. The van der Waals surface area contributed by atoms with E-state index in [9.17, 15) is 9.59 Å². The van der Waals surface area contributed by atoms with Crippen LogP contribution in [0, 0.1) is 0 Å². The average Bonchev–Trinajstić information content (AvgIpc) is 2.57. The first kappa shape index (κ1) is 16.0. The Kier molecular flexibility index (Phi) is 4.17. The summed E-state index contributed by atoms with van der Waals surface area (Å²) in [6.07, 6.45) is 1.52. The lowest BCUT2D eigenvalue weighted by Gasteiger charge is -2.19. The Morgan fingerprint density at radius 3 is 2.67 bits per heavy atom. The number of nitrogens with zero attached hydrogens (tertiary/aromatic N) is 3. The van der Waals surface area contributed by atoms with Gasteiger partial charge in [-0.1, -0.05) is 11.6 Å². The van der Waals surface area contributed by atoms with Crippen molar-refractivity contribution >= 4 is 44.7 Å². The van der Waals surface area contributed by atoms with Gasteiger partial charge in [0.2, 0.25) is 0 Å². The highest BCUT2D eigenvalue weighted by molar-refractivity contribution is 9.10. The van der Waals surface area contributed by atoms with Crippen LogP contribution in [0.1, 0.15) is 20.8 Å². The second kappa shape index (κ2) is 5.46. The minimum Gasteiger partial charge on any atom is -0.459 e. The second-order valence-corrected chi connectivity index (χ2v) is 6.84. The van der Waals surface area contributed by atoms with Gasteiger partial charge in [0.05, 0.1) is 9.50 Å². The topological polar surface area (TPSA) is 66.1 Å². The Bertz CT molecular complexity index is 774. The molecule has 114 valence electrons. The molecular formula is C13H15BrClN3O3. The van der Waals surface area contributed by atoms with E-state index < -0.39 is 11.6 Å². The van der Waals surface area contributed by atoms with Gasteiger partial charge in [-0.2, -0.15) is 0 Å². The van der Waals surface area contributed by atoms with Crippen LogP contribution in [-0.2, 0) is 23.1 Å². The molecule has 0 bridgehead atoms. The van der Waals surface area contributed by atoms with E-state index in [0.29, 0.717) is 20.7 Å². The molecule has 8 heteroatoms. The molecule has 0 atom stereocenters. The molecule has 0 spiro atoms. The summed E-state index contributed by atoms with van der Waals surface area (Å²) in [5, 5.41) is 0.334. The average molecular weight is 377 g/mol. The first-order chi connectivity index (χ1) is 9.61. The van der Waals surface area contributed by atoms with Crippen LogP contribution in [0.25, 0.3) is 11.2 Å². The highest BCUT2D eigenvalue weighted by atomic mass is 79.9. The molecule has 0 aliphatic carbocycles. The maximum atomic E-state index is 12.3. The summed E-state index contributed by atoms with van der Waals surface area (Å²) in [5.74, 6) is -0.506. The standard InChI is InChI=1S/C13H15BrClN3O3/c1-13(2,3)21-8(19)6-18-10-9(15)7(14)5-16-11(10)17(4)12(18)20/h5H,6H2,1-4H3. The van der Waals surface area contributed by atoms with Crippen molar-refractivity contribution in [1.29, 1.82) is 0 Å². The Morgan fingerprint density at radius 2 is 2.10 bits per heavy atom. The van der Waals surface area contributed by atoms with Gasteiger partial charge in [0.25, 0.3) is 0 Å².